The van der Waals surface area contributed by atoms with Crippen molar-refractivity contribution in [3.63, 3.8) is 0 Å². The van der Waals surface area contributed by atoms with E-state index in [1.165, 1.54) is 24.5 Å². The number of nitro benzene ring substituents is 1. The molecule has 2 aromatic rings. The number of nitrogens with zero attached hydrogens (tertiary/aromatic N) is 1. The van der Waals surface area contributed by atoms with Crippen LogP contribution in [0.25, 0.3) is 0 Å². The van der Waals surface area contributed by atoms with Crippen LogP contribution in [0.3, 0.4) is 0 Å². The lowest BCUT2D eigenvalue weighted by molar-refractivity contribution is -0.384. The molecule has 0 aliphatic heterocycles. The van der Waals surface area contributed by atoms with Gasteiger partial charge in [-0.3, -0.25) is 14.9 Å². The normalized spacial score (nSPS) is 10.2. The summed E-state index contributed by atoms with van der Waals surface area (Å²) in [4.78, 5) is 21.9. The van der Waals surface area contributed by atoms with Gasteiger partial charge in [0.2, 0.25) is 0 Å². The molecule has 1 aromatic carbocycles. The number of carbonyl (C=O) groups excluding carboxylic acids is 1. The Labute approximate surface area is 116 Å². The number of hydrogen-bond acceptors (Lipinski definition) is 4. The third-order valence-corrected chi connectivity index (χ3v) is 3.05. The summed E-state index contributed by atoms with van der Waals surface area (Å²) in [5.74, 6) is -0.313. The fourth-order valence-electron chi connectivity index (χ4n) is 1.51. The first-order valence-corrected chi connectivity index (χ1v) is 6.12. The maximum absolute atomic E-state index is 11.8. The van der Waals surface area contributed by atoms with Crippen molar-refractivity contribution >= 4 is 27.5 Å². The van der Waals surface area contributed by atoms with Crippen molar-refractivity contribution < 1.29 is 14.1 Å². The zero-order valence-corrected chi connectivity index (χ0v) is 11.2. The lowest BCUT2D eigenvalue weighted by atomic mass is 10.2. The van der Waals surface area contributed by atoms with E-state index in [0.29, 0.717) is 15.8 Å². The standard InChI is InChI=1S/C12H9BrN2O4/c13-11-10(4-5-19-11)12(16)14-7-8-2-1-3-9(6-8)15(17)18/h1-6H,7H2,(H,14,16). The minimum absolute atomic E-state index is 0.00348. The Bertz CT molecular complexity index is 624. The molecule has 7 heteroatoms. The lowest BCUT2D eigenvalue weighted by Gasteiger charge is -2.04. The number of nitro groups is 1. The van der Waals surface area contributed by atoms with Gasteiger partial charge in [0.1, 0.15) is 0 Å². The first-order chi connectivity index (χ1) is 9.08. The average molecular weight is 325 g/mol. The molecule has 0 aliphatic rings. The Balaban J connectivity index is 2.03. The van der Waals surface area contributed by atoms with Crippen LogP contribution in [0.2, 0.25) is 0 Å². The first kappa shape index (κ1) is 13.3. The second kappa shape index (κ2) is 5.66. The number of hydrogen-bond donors (Lipinski definition) is 1. The highest BCUT2D eigenvalue weighted by molar-refractivity contribution is 9.10. The number of nitrogens with one attached hydrogen (secondary N) is 1. The zero-order chi connectivity index (χ0) is 13.8. The number of halogens is 1. The molecule has 0 saturated heterocycles. The van der Waals surface area contributed by atoms with E-state index in [1.807, 2.05) is 0 Å². The molecule has 0 unspecified atom stereocenters. The van der Waals surface area contributed by atoms with Crippen molar-refractivity contribution in [3.8, 4) is 0 Å². The van der Waals surface area contributed by atoms with Gasteiger partial charge in [0.15, 0.2) is 4.67 Å². The molecular weight excluding hydrogens is 316 g/mol. The van der Waals surface area contributed by atoms with E-state index in [2.05, 4.69) is 21.2 Å². The summed E-state index contributed by atoms with van der Waals surface area (Å²) in [5.41, 5.74) is 1.03. The zero-order valence-electron chi connectivity index (χ0n) is 9.63. The molecular formula is C12H9BrN2O4. The monoisotopic (exact) mass is 324 g/mol. The highest BCUT2D eigenvalue weighted by Crippen LogP contribution is 2.17. The molecule has 0 fully saturated rings. The molecule has 0 bridgehead atoms. The van der Waals surface area contributed by atoms with Crippen molar-refractivity contribution in [2.75, 3.05) is 0 Å². The Hall–Kier alpha value is -2.15. The van der Waals surface area contributed by atoms with Crippen LogP contribution in [-0.4, -0.2) is 10.8 Å². The minimum atomic E-state index is -0.474. The van der Waals surface area contributed by atoms with Crippen LogP contribution in [0.15, 0.2) is 45.7 Å². The predicted molar refractivity (Wildman–Crippen MR) is 70.7 cm³/mol. The molecule has 0 atom stereocenters. The number of benzene rings is 1. The molecule has 2 rings (SSSR count). The number of non-ortho nitro benzene ring substituents is 1. The topological polar surface area (TPSA) is 85.4 Å². The van der Waals surface area contributed by atoms with Crippen molar-refractivity contribution in [3.05, 3.63) is 62.5 Å². The van der Waals surface area contributed by atoms with Crippen LogP contribution < -0.4 is 5.32 Å². The molecule has 6 nitrogen and oxygen atoms in total. The number of rotatable bonds is 4. The van der Waals surface area contributed by atoms with Gasteiger partial charge in [0.05, 0.1) is 16.7 Å². The van der Waals surface area contributed by atoms with Gasteiger partial charge in [0, 0.05) is 18.7 Å². The largest absolute Gasteiger partial charge is 0.457 e. The summed E-state index contributed by atoms with van der Waals surface area (Å²) in [5, 5.41) is 13.3. The summed E-state index contributed by atoms with van der Waals surface area (Å²) in [7, 11) is 0. The van der Waals surface area contributed by atoms with E-state index >= 15 is 0 Å². The summed E-state index contributed by atoms with van der Waals surface area (Å²) in [6.07, 6.45) is 1.40. The molecule has 98 valence electrons. The summed E-state index contributed by atoms with van der Waals surface area (Å²) < 4.78 is 5.31. The Kier molecular flexibility index (Phi) is 3.96. The number of furan rings is 1. The van der Waals surface area contributed by atoms with Crippen LogP contribution >= 0.6 is 15.9 Å². The van der Waals surface area contributed by atoms with Crippen LogP contribution in [0.5, 0.6) is 0 Å². The van der Waals surface area contributed by atoms with Gasteiger partial charge >= 0.3 is 0 Å². The molecule has 0 spiro atoms. The van der Waals surface area contributed by atoms with Gasteiger partial charge in [-0.2, -0.15) is 0 Å². The Morgan fingerprint density at radius 2 is 2.21 bits per heavy atom. The predicted octanol–water partition coefficient (Wildman–Crippen LogP) is 2.88. The molecule has 1 N–H and O–H groups in total. The van der Waals surface area contributed by atoms with Crippen molar-refractivity contribution in [1.82, 2.24) is 5.32 Å². The summed E-state index contributed by atoms with van der Waals surface area (Å²) >= 11 is 3.11. The first-order valence-electron chi connectivity index (χ1n) is 5.32. The van der Waals surface area contributed by atoms with Crippen LogP contribution in [0.1, 0.15) is 15.9 Å². The fourth-order valence-corrected chi connectivity index (χ4v) is 1.93. The summed E-state index contributed by atoms with van der Waals surface area (Å²) in [6, 6.07) is 7.64. The van der Waals surface area contributed by atoms with E-state index in [4.69, 9.17) is 4.42 Å². The van der Waals surface area contributed by atoms with E-state index in [9.17, 15) is 14.9 Å². The second-order valence-corrected chi connectivity index (χ2v) is 4.44. The van der Waals surface area contributed by atoms with Crippen molar-refractivity contribution in [2.24, 2.45) is 0 Å². The fraction of sp³-hybridized carbons (Fsp3) is 0.0833. The number of carbonyl (C=O) groups is 1. The highest BCUT2D eigenvalue weighted by atomic mass is 79.9. The van der Waals surface area contributed by atoms with Gasteiger partial charge in [-0.25, -0.2) is 0 Å². The van der Waals surface area contributed by atoms with Gasteiger partial charge in [-0.15, -0.1) is 0 Å². The molecule has 19 heavy (non-hydrogen) atoms. The van der Waals surface area contributed by atoms with Gasteiger partial charge < -0.3 is 9.73 Å². The smallest absolute Gasteiger partial charge is 0.269 e. The summed E-state index contributed by atoms with van der Waals surface area (Å²) in [6.45, 7) is 0.206. The third kappa shape index (κ3) is 3.19. The molecule has 0 radical (unpaired) electrons. The molecule has 1 aromatic heterocycles. The molecule has 0 saturated carbocycles. The maximum atomic E-state index is 11.8. The maximum Gasteiger partial charge on any atom is 0.269 e. The molecule has 1 heterocycles. The van der Waals surface area contributed by atoms with Crippen LogP contribution in [0.4, 0.5) is 5.69 Å². The van der Waals surface area contributed by atoms with E-state index in [1.54, 1.807) is 12.1 Å². The SMILES string of the molecule is O=C(NCc1cccc([N+](=O)[O-])c1)c1ccoc1Br. The average Bonchev–Trinajstić information content (AvgIpc) is 2.82. The molecule has 0 aliphatic carbocycles. The van der Waals surface area contributed by atoms with Gasteiger partial charge in [-0.1, -0.05) is 12.1 Å². The molecule has 1 amide bonds. The number of amides is 1. The van der Waals surface area contributed by atoms with E-state index < -0.39 is 4.92 Å². The Morgan fingerprint density at radius 3 is 2.84 bits per heavy atom. The van der Waals surface area contributed by atoms with Gasteiger partial charge in [-0.05, 0) is 27.6 Å². The van der Waals surface area contributed by atoms with Crippen LogP contribution in [0, 0.1) is 10.1 Å². The van der Waals surface area contributed by atoms with Gasteiger partial charge in [0.25, 0.3) is 11.6 Å². The lowest BCUT2D eigenvalue weighted by Crippen LogP contribution is -2.22. The Morgan fingerprint density at radius 1 is 1.42 bits per heavy atom. The minimum Gasteiger partial charge on any atom is -0.457 e. The van der Waals surface area contributed by atoms with E-state index in [0.717, 1.165) is 0 Å². The van der Waals surface area contributed by atoms with Crippen LogP contribution in [-0.2, 0) is 6.54 Å². The second-order valence-electron chi connectivity index (χ2n) is 3.72. The van der Waals surface area contributed by atoms with Crippen molar-refractivity contribution in [2.45, 2.75) is 6.54 Å². The third-order valence-electron chi connectivity index (χ3n) is 2.44. The van der Waals surface area contributed by atoms with E-state index in [-0.39, 0.29) is 18.1 Å². The van der Waals surface area contributed by atoms with Crippen molar-refractivity contribution in [1.29, 1.82) is 0 Å². The highest BCUT2D eigenvalue weighted by Gasteiger charge is 2.12. The quantitative estimate of drug-likeness (QED) is 0.692.